The fourth-order valence-corrected chi connectivity index (χ4v) is 9.58. The number of hydrogen-bond acceptors (Lipinski definition) is 4. The summed E-state index contributed by atoms with van der Waals surface area (Å²) in [6, 6.07) is -0.822. The first-order chi connectivity index (χ1) is 31.6. The lowest BCUT2D eigenvalue weighted by molar-refractivity contribution is -0.124. The van der Waals surface area contributed by atoms with Crippen molar-refractivity contribution in [1.82, 2.24) is 5.32 Å². The van der Waals surface area contributed by atoms with Crippen LogP contribution < -0.4 is 5.32 Å². The van der Waals surface area contributed by atoms with Crippen molar-refractivity contribution in [2.24, 2.45) is 0 Å². The van der Waals surface area contributed by atoms with Gasteiger partial charge in [-0.15, -0.1) is 0 Å². The number of aliphatic hydroxyl groups is 3. The maximum absolute atomic E-state index is 12.5. The number of hydrogen-bond donors (Lipinski definition) is 4. The zero-order valence-electron chi connectivity index (χ0n) is 43.7. The number of carbonyl (C=O) groups is 1. The summed E-state index contributed by atoms with van der Waals surface area (Å²) in [6.07, 6.45) is 68.2. The van der Waals surface area contributed by atoms with E-state index < -0.39 is 18.2 Å². The van der Waals surface area contributed by atoms with Gasteiger partial charge in [0.25, 0.3) is 0 Å². The summed E-state index contributed by atoms with van der Waals surface area (Å²) in [6.45, 7) is 4.21. The lowest BCUT2D eigenvalue weighted by atomic mass is 10.0. The minimum Gasteiger partial charge on any atom is -0.394 e. The molecule has 0 bridgehead atoms. The predicted octanol–water partition coefficient (Wildman–Crippen LogP) is 18.3. The van der Waals surface area contributed by atoms with Crippen LogP contribution in [0.3, 0.4) is 0 Å². The molecule has 0 aromatic carbocycles. The van der Waals surface area contributed by atoms with E-state index in [1.54, 1.807) is 0 Å². The van der Waals surface area contributed by atoms with Crippen molar-refractivity contribution in [1.29, 1.82) is 0 Å². The largest absolute Gasteiger partial charge is 0.394 e. The van der Waals surface area contributed by atoms with Gasteiger partial charge in [-0.1, -0.05) is 302 Å². The maximum atomic E-state index is 12.5. The Bertz CT molecular complexity index is 909. The highest BCUT2D eigenvalue weighted by Gasteiger charge is 2.26. The molecule has 3 atom stereocenters. The van der Waals surface area contributed by atoms with Gasteiger partial charge in [-0.2, -0.15) is 0 Å². The molecule has 0 fully saturated rings. The molecule has 0 saturated carbocycles. The van der Waals surface area contributed by atoms with E-state index in [1.807, 2.05) is 0 Å². The second-order valence-corrected chi connectivity index (χ2v) is 20.6. The van der Waals surface area contributed by atoms with Crippen LogP contribution in [-0.4, -0.2) is 46.1 Å². The minimum atomic E-state index is -1.16. The fourth-order valence-electron chi connectivity index (χ4n) is 9.58. The van der Waals surface area contributed by atoms with Crippen LogP contribution in [0.15, 0.2) is 12.2 Å². The maximum Gasteiger partial charge on any atom is 0.220 e. The Morgan fingerprint density at radius 2 is 0.625 bits per heavy atom. The number of unbranched alkanes of at least 4 members (excludes halogenated alkanes) is 45. The number of rotatable bonds is 55. The van der Waals surface area contributed by atoms with Gasteiger partial charge in [-0.25, -0.2) is 0 Å². The molecule has 0 aromatic heterocycles. The van der Waals surface area contributed by atoms with Crippen LogP contribution in [0.1, 0.15) is 335 Å². The van der Waals surface area contributed by atoms with Gasteiger partial charge in [-0.3, -0.25) is 4.79 Å². The van der Waals surface area contributed by atoms with E-state index in [1.165, 1.54) is 270 Å². The van der Waals surface area contributed by atoms with Gasteiger partial charge in [0.15, 0.2) is 0 Å². The molecule has 5 nitrogen and oxygen atoms in total. The summed E-state index contributed by atoms with van der Waals surface area (Å²) in [5.74, 6) is -0.146. The summed E-state index contributed by atoms with van der Waals surface area (Å²) in [4.78, 5) is 12.5. The van der Waals surface area contributed by atoms with Gasteiger partial charge in [-0.05, 0) is 38.5 Å². The molecule has 0 aliphatic carbocycles. The van der Waals surface area contributed by atoms with Crippen LogP contribution >= 0.6 is 0 Å². The number of carbonyl (C=O) groups excluding carboxylic acids is 1. The second-order valence-electron chi connectivity index (χ2n) is 20.6. The Hall–Kier alpha value is -0.910. The Morgan fingerprint density at radius 3 is 0.906 bits per heavy atom. The summed E-state index contributed by atoms with van der Waals surface area (Å²) < 4.78 is 0. The van der Waals surface area contributed by atoms with Crippen LogP contribution in [-0.2, 0) is 4.79 Å². The molecule has 0 aliphatic rings. The average Bonchev–Trinajstić information content (AvgIpc) is 3.30. The molecule has 3 unspecified atom stereocenters. The van der Waals surface area contributed by atoms with E-state index in [4.69, 9.17) is 0 Å². The summed E-state index contributed by atoms with van der Waals surface area (Å²) in [5, 5.41) is 33.7. The van der Waals surface area contributed by atoms with Gasteiger partial charge in [0.2, 0.25) is 5.91 Å². The summed E-state index contributed by atoms with van der Waals surface area (Å²) >= 11 is 0. The molecular formula is C59H117NO4. The van der Waals surface area contributed by atoms with Gasteiger partial charge in [0.1, 0.15) is 6.10 Å². The van der Waals surface area contributed by atoms with Crippen molar-refractivity contribution in [3.8, 4) is 0 Å². The molecule has 5 heteroatoms. The lowest BCUT2D eigenvalue weighted by Gasteiger charge is -2.26. The highest BCUT2D eigenvalue weighted by atomic mass is 16.3. The third-order valence-corrected chi connectivity index (χ3v) is 14.1. The Kier molecular flexibility index (Phi) is 53.9. The Morgan fingerprint density at radius 1 is 0.375 bits per heavy atom. The van der Waals surface area contributed by atoms with E-state index in [0.717, 1.165) is 38.5 Å². The highest BCUT2D eigenvalue weighted by Crippen LogP contribution is 2.18. The lowest BCUT2D eigenvalue weighted by Crippen LogP contribution is -2.50. The molecule has 0 aliphatic heterocycles. The van der Waals surface area contributed by atoms with Crippen molar-refractivity contribution in [3.05, 3.63) is 12.2 Å². The van der Waals surface area contributed by atoms with Crippen LogP contribution in [0.4, 0.5) is 0 Å². The molecule has 64 heavy (non-hydrogen) atoms. The SMILES string of the molecule is CCCCCCCCCCCCCCC/C=C/CCCC(O)C(O)C(CO)NC(=O)CCCCCCCCCCCCCCCCCCCCCCCCCCCCCCCCCC. The van der Waals surface area contributed by atoms with Crippen LogP contribution in [0.5, 0.6) is 0 Å². The third-order valence-electron chi connectivity index (χ3n) is 14.1. The van der Waals surface area contributed by atoms with Crippen LogP contribution in [0.2, 0.25) is 0 Å². The fraction of sp³-hybridized carbons (Fsp3) is 0.949. The summed E-state index contributed by atoms with van der Waals surface area (Å²) in [5.41, 5.74) is 0. The molecular weight excluding hydrogens is 787 g/mol. The smallest absolute Gasteiger partial charge is 0.220 e. The normalized spacial score (nSPS) is 13.3. The number of amides is 1. The Balaban J connectivity index is 3.47. The van der Waals surface area contributed by atoms with Crippen LogP contribution in [0, 0.1) is 0 Å². The molecule has 0 saturated heterocycles. The Labute approximate surface area is 401 Å². The van der Waals surface area contributed by atoms with Crippen molar-refractivity contribution in [3.63, 3.8) is 0 Å². The van der Waals surface area contributed by atoms with Crippen LogP contribution in [0.25, 0.3) is 0 Å². The molecule has 0 radical (unpaired) electrons. The predicted molar refractivity (Wildman–Crippen MR) is 282 cm³/mol. The standard InChI is InChI=1S/C59H117NO4/c1-3-5-7-9-11-13-15-17-19-21-23-24-25-26-27-28-29-30-31-32-33-34-35-36-38-40-42-44-46-48-50-52-54-58(63)60-56(55-61)59(64)57(62)53-51-49-47-45-43-41-39-37-22-20-18-16-14-12-10-8-6-4-2/h45,47,56-57,59,61-62,64H,3-44,46,48-55H2,1-2H3,(H,60,63)/b47-45+. The number of allylic oxidation sites excluding steroid dienone is 2. The van der Waals surface area contributed by atoms with E-state index in [-0.39, 0.29) is 12.5 Å². The summed E-state index contributed by atoms with van der Waals surface area (Å²) in [7, 11) is 0. The minimum absolute atomic E-state index is 0.146. The van der Waals surface area contributed by atoms with Gasteiger partial charge < -0.3 is 20.6 Å². The van der Waals surface area contributed by atoms with Crippen molar-refractivity contribution in [2.75, 3.05) is 6.61 Å². The van der Waals surface area contributed by atoms with E-state index in [9.17, 15) is 20.1 Å². The monoisotopic (exact) mass is 904 g/mol. The number of aliphatic hydroxyl groups excluding tert-OH is 3. The molecule has 0 aromatic rings. The molecule has 4 N–H and O–H groups in total. The first-order valence-corrected chi connectivity index (χ1v) is 29.5. The first-order valence-electron chi connectivity index (χ1n) is 29.5. The highest BCUT2D eigenvalue weighted by molar-refractivity contribution is 5.76. The molecule has 0 spiro atoms. The van der Waals surface area contributed by atoms with E-state index in [0.29, 0.717) is 12.8 Å². The van der Waals surface area contributed by atoms with Crippen molar-refractivity contribution < 1.29 is 20.1 Å². The average molecular weight is 905 g/mol. The quantitative estimate of drug-likeness (QED) is 0.0362. The van der Waals surface area contributed by atoms with Crippen molar-refractivity contribution in [2.45, 2.75) is 353 Å². The molecule has 0 heterocycles. The van der Waals surface area contributed by atoms with Gasteiger partial charge in [0.05, 0.1) is 18.8 Å². The van der Waals surface area contributed by atoms with Gasteiger partial charge in [0, 0.05) is 6.42 Å². The third kappa shape index (κ3) is 49.0. The molecule has 382 valence electrons. The second kappa shape index (κ2) is 54.7. The molecule has 0 rings (SSSR count). The van der Waals surface area contributed by atoms with Gasteiger partial charge >= 0.3 is 0 Å². The topological polar surface area (TPSA) is 89.8 Å². The first kappa shape index (κ1) is 63.1. The van der Waals surface area contributed by atoms with E-state index in [2.05, 4.69) is 31.3 Å². The zero-order valence-corrected chi connectivity index (χ0v) is 43.7. The van der Waals surface area contributed by atoms with Crippen molar-refractivity contribution >= 4 is 5.91 Å². The van der Waals surface area contributed by atoms with E-state index >= 15 is 0 Å². The zero-order chi connectivity index (χ0) is 46.5. The molecule has 1 amide bonds. The number of nitrogens with one attached hydrogen (secondary N) is 1.